The number of likely N-dealkylation sites (tertiary alicyclic amines) is 1. The van der Waals surface area contributed by atoms with Crippen molar-refractivity contribution in [3.63, 3.8) is 0 Å². The summed E-state index contributed by atoms with van der Waals surface area (Å²) in [5.41, 5.74) is 3.88. The molecule has 0 saturated carbocycles. The van der Waals surface area contributed by atoms with Crippen LogP contribution in [0.1, 0.15) is 36.8 Å². The number of rotatable bonds is 2. The fraction of sp³-hybridized carbons (Fsp3) is 0.529. The number of hydrogen-bond donors (Lipinski definition) is 1. The average Bonchev–Trinajstić information content (AvgIpc) is 2.78. The van der Waals surface area contributed by atoms with Gasteiger partial charge in [0.05, 0.1) is 5.52 Å². The van der Waals surface area contributed by atoms with Crippen LogP contribution in [0.3, 0.4) is 0 Å². The highest BCUT2D eigenvalue weighted by Crippen LogP contribution is 2.37. The third-order valence-electron chi connectivity index (χ3n) is 4.68. The molecule has 0 radical (unpaired) electrons. The van der Waals surface area contributed by atoms with Crippen LogP contribution in [-0.2, 0) is 6.54 Å². The molecule has 1 aromatic carbocycles. The molecule has 1 saturated heterocycles. The van der Waals surface area contributed by atoms with Crippen molar-refractivity contribution in [3.05, 3.63) is 29.5 Å². The summed E-state index contributed by atoms with van der Waals surface area (Å²) in [6, 6.07) is 3.81. The molecule has 108 valence electrons. The predicted molar refractivity (Wildman–Crippen MR) is 83.5 cm³/mol. The maximum atomic E-state index is 9.94. The van der Waals surface area contributed by atoms with Gasteiger partial charge >= 0.3 is 0 Å². The largest absolute Gasteiger partial charge is 0.508 e. The van der Waals surface area contributed by atoms with Gasteiger partial charge in [0.15, 0.2) is 0 Å². The number of hydrogen-bond acceptors (Lipinski definition) is 2. The van der Waals surface area contributed by atoms with E-state index in [-0.39, 0.29) is 0 Å². The number of phenols is 1. The van der Waals surface area contributed by atoms with Crippen molar-refractivity contribution in [2.75, 3.05) is 20.1 Å². The second-order valence-electron chi connectivity index (χ2n) is 6.11. The topological polar surface area (TPSA) is 28.4 Å². The van der Waals surface area contributed by atoms with E-state index in [1.807, 2.05) is 12.1 Å². The highest BCUT2D eigenvalue weighted by molar-refractivity contribution is 5.88. The second kappa shape index (κ2) is 5.13. The minimum atomic E-state index is 0.387. The zero-order chi connectivity index (χ0) is 14.3. The summed E-state index contributed by atoms with van der Waals surface area (Å²) in [6.07, 6.45) is 4.75. The summed E-state index contributed by atoms with van der Waals surface area (Å²) in [6.45, 7) is 7.59. The zero-order valence-electron chi connectivity index (χ0n) is 12.7. The van der Waals surface area contributed by atoms with Gasteiger partial charge in [-0.1, -0.05) is 0 Å². The molecule has 0 atom stereocenters. The molecular weight excluding hydrogens is 248 g/mol. The van der Waals surface area contributed by atoms with E-state index < -0.39 is 0 Å². The first-order valence-corrected chi connectivity index (χ1v) is 7.61. The molecule has 3 rings (SSSR count). The molecule has 1 N–H and O–H groups in total. The van der Waals surface area contributed by atoms with E-state index in [4.69, 9.17) is 0 Å². The van der Waals surface area contributed by atoms with E-state index in [1.54, 1.807) is 0 Å². The monoisotopic (exact) mass is 272 g/mol. The number of piperidine rings is 1. The van der Waals surface area contributed by atoms with Gasteiger partial charge in [0.2, 0.25) is 0 Å². The van der Waals surface area contributed by atoms with Gasteiger partial charge in [0.25, 0.3) is 0 Å². The first-order chi connectivity index (χ1) is 9.60. The first-order valence-electron chi connectivity index (χ1n) is 7.61. The molecule has 3 nitrogen and oxygen atoms in total. The molecule has 0 amide bonds. The van der Waals surface area contributed by atoms with Crippen molar-refractivity contribution in [1.29, 1.82) is 0 Å². The number of phenolic OH excluding ortho intramolecular Hbond substituents is 1. The Hall–Kier alpha value is -1.48. The summed E-state index contributed by atoms with van der Waals surface area (Å²) in [5, 5.41) is 11.2. The van der Waals surface area contributed by atoms with Gasteiger partial charge in [-0.05, 0) is 76.0 Å². The minimum Gasteiger partial charge on any atom is -0.508 e. The summed E-state index contributed by atoms with van der Waals surface area (Å²) < 4.78 is 2.33. The van der Waals surface area contributed by atoms with E-state index in [1.165, 1.54) is 48.0 Å². The Morgan fingerprint density at radius 3 is 2.60 bits per heavy atom. The van der Waals surface area contributed by atoms with Gasteiger partial charge in [-0.15, -0.1) is 0 Å². The molecule has 0 aliphatic carbocycles. The average molecular weight is 272 g/mol. The third kappa shape index (κ3) is 2.20. The lowest BCUT2D eigenvalue weighted by atomic mass is 9.89. The Morgan fingerprint density at radius 1 is 1.25 bits per heavy atom. The SMILES string of the molecule is CCn1cc(C2CCN(C)CC2)c2cc(O)cc(C)c21. The van der Waals surface area contributed by atoms with E-state index in [0.29, 0.717) is 11.7 Å². The van der Waals surface area contributed by atoms with Crippen LogP contribution in [0.25, 0.3) is 10.9 Å². The van der Waals surface area contributed by atoms with Gasteiger partial charge in [0, 0.05) is 18.1 Å². The highest BCUT2D eigenvalue weighted by atomic mass is 16.3. The standard InChI is InChI=1S/C17H24N2O/c1-4-19-11-16(13-5-7-18(3)8-6-13)15-10-14(20)9-12(2)17(15)19/h9-11,13,20H,4-8H2,1-3H3. The molecule has 0 unspecified atom stereocenters. The number of aromatic hydroxyl groups is 1. The maximum absolute atomic E-state index is 9.94. The Labute approximate surface area is 120 Å². The fourth-order valence-corrected chi connectivity index (χ4v) is 3.56. The lowest BCUT2D eigenvalue weighted by Gasteiger charge is -2.28. The van der Waals surface area contributed by atoms with Gasteiger partial charge in [-0.25, -0.2) is 0 Å². The van der Waals surface area contributed by atoms with Crippen LogP contribution in [0.5, 0.6) is 5.75 Å². The molecule has 20 heavy (non-hydrogen) atoms. The number of benzene rings is 1. The number of aromatic nitrogens is 1. The van der Waals surface area contributed by atoms with E-state index in [2.05, 4.69) is 36.6 Å². The normalized spacial score (nSPS) is 17.9. The molecule has 1 aliphatic rings. The van der Waals surface area contributed by atoms with Crippen molar-refractivity contribution in [3.8, 4) is 5.75 Å². The van der Waals surface area contributed by atoms with Crippen molar-refractivity contribution < 1.29 is 5.11 Å². The van der Waals surface area contributed by atoms with Crippen molar-refractivity contribution >= 4 is 10.9 Å². The van der Waals surface area contributed by atoms with Crippen LogP contribution in [0.15, 0.2) is 18.3 Å². The Bertz CT molecular complexity index is 621. The minimum absolute atomic E-state index is 0.387. The van der Waals surface area contributed by atoms with Gasteiger partial charge < -0.3 is 14.6 Å². The van der Waals surface area contributed by atoms with Crippen molar-refractivity contribution in [1.82, 2.24) is 9.47 Å². The van der Waals surface area contributed by atoms with Crippen molar-refractivity contribution in [2.24, 2.45) is 0 Å². The van der Waals surface area contributed by atoms with Crippen LogP contribution >= 0.6 is 0 Å². The first kappa shape index (κ1) is 13.5. The molecule has 1 aromatic heterocycles. The van der Waals surface area contributed by atoms with Crippen LogP contribution in [-0.4, -0.2) is 34.7 Å². The summed E-state index contributed by atoms with van der Waals surface area (Å²) >= 11 is 0. The van der Waals surface area contributed by atoms with Crippen molar-refractivity contribution in [2.45, 2.75) is 39.2 Å². The fourth-order valence-electron chi connectivity index (χ4n) is 3.56. The second-order valence-corrected chi connectivity index (χ2v) is 6.11. The van der Waals surface area contributed by atoms with E-state index in [0.717, 1.165) is 6.54 Å². The summed E-state index contributed by atoms with van der Waals surface area (Å²) in [7, 11) is 2.20. The molecule has 2 aromatic rings. The zero-order valence-corrected chi connectivity index (χ0v) is 12.7. The lowest BCUT2D eigenvalue weighted by molar-refractivity contribution is 0.256. The van der Waals surface area contributed by atoms with E-state index in [9.17, 15) is 5.11 Å². The van der Waals surface area contributed by atoms with Crippen LogP contribution in [0.2, 0.25) is 0 Å². The van der Waals surface area contributed by atoms with E-state index >= 15 is 0 Å². The highest BCUT2D eigenvalue weighted by Gasteiger charge is 2.22. The lowest BCUT2D eigenvalue weighted by Crippen LogP contribution is -2.29. The van der Waals surface area contributed by atoms with Gasteiger partial charge in [-0.2, -0.15) is 0 Å². The Morgan fingerprint density at radius 2 is 1.95 bits per heavy atom. The smallest absolute Gasteiger partial charge is 0.116 e. The molecule has 1 aliphatic heterocycles. The molecular formula is C17H24N2O. The number of nitrogens with zero attached hydrogens (tertiary/aromatic N) is 2. The Balaban J connectivity index is 2.11. The van der Waals surface area contributed by atoms with Crippen LogP contribution < -0.4 is 0 Å². The molecule has 0 bridgehead atoms. The van der Waals surface area contributed by atoms with Gasteiger partial charge in [0.1, 0.15) is 5.75 Å². The van der Waals surface area contributed by atoms with Crippen LogP contribution in [0, 0.1) is 6.92 Å². The third-order valence-corrected chi connectivity index (χ3v) is 4.68. The molecule has 0 spiro atoms. The predicted octanol–water partition coefficient (Wildman–Crippen LogP) is 3.48. The summed E-state index contributed by atoms with van der Waals surface area (Å²) in [4.78, 5) is 2.40. The molecule has 3 heteroatoms. The number of aryl methyl sites for hydroxylation is 2. The summed E-state index contributed by atoms with van der Waals surface area (Å²) in [5.74, 6) is 1.01. The maximum Gasteiger partial charge on any atom is 0.116 e. The van der Waals surface area contributed by atoms with Crippen LogP contribution in [0.4, 0.5) is 0 Å². The quantitative estimate of drug-likeness (QED) is 0.906. The Kier molecular flexibility index (Phi) is 3.47. The molecule has 1 fully saturated rings. The van der Waals surface area contributed by atoms with Gasteiger partial charge in [-0.3, -0.25) is 0 Å². The molecule has 2 heterocycles. The number of fused-ring (bicyclic) bond motifs is 1.